The van der Waals surface area contributed by atoms with Gasteiger partial charge in [0.25, 0.3) is 12.5 Å². The minimum atomic E-state index is -3.34. The number of fused-ring (bicyclic) bond motifs is 1. The number of hydrogen-bond donors (Lipinski definition) is 2. The van der Waals surface area contributed by atoms with Gasteiger partial charge in [0.2, 0.25) is 0 Å². The van der Waals surface area contributed by atoms with Gasteiger partial charge in [0.1, 0.15) is 17.9 Å². The number of carbonyl (C=O) groups excluding carboxylic acids is 2. The first-order valence-electron chi connectivity index (χ1n) is 16.3. The van der Waals surface area contributed by atoms with Gasteiger partial charge in [0.05, 0.1) is 22.5 Å². The molecule has 2 atom stereocenters. The first-order valence-corrected chi connectivity index (χ1v) is 19.8. The van der Waals surface area contributed by atoms with Crippen LogP contribution < -0.4 is 14.9 Å². The molecule has 2 heterocycles. The first-order chi connectivity index (χ1) is 23.8. The maximum Gasteiger partial charge on any atom is 0.323 e. The normalized spacial score (nSPS) is 15.5. The predicted molar refractivity (Wildman–Crippen MR) is 199 cm³/mol. The van der Waals surface area contributed by atoms with Crippen LogP contribution in [0.3, 0.4) is 0 Å². The van der Waals surface area contributed by atoms with Crippen molar-refractivity contribution in [3.63, 3.8) is 0 Å². The molecule has 252 valence electrons. The number of para-hydroxylation sites is 1. The summed E-state index contributed by atoms with van der Waals surface area (Å²) < 4.78 is 14.2. The number of amides is 1. The molecular weight excluding hydrogens is 674 g/mol. The van der Waals surface area contributed by atoms with Gasteiger partial charge >= 0.3 is 5.97 Å². The van der Waals surface area contributed by atoms with Gasteiger partial charge < -0.3 is 14.6 Å². The number of ether oxygens (including phenoxy) is 1. The minimum Gasteiger partial charge on any atom is -0.461 e. The van der Waals surface area contributed by atoms with Gasteiger partial charge in [-0.25, -0.2) is 5.09 Å². The number of hydrogen-bond acceptors (Lipinski definition) is 8. The molecule has 1 aliphatic rings. The lowest BCUT2D eigenvalue weighted by atomic mass is 9.98. The number of aromatic nitrogens is 3. The number of nitrogens with zero attached hydrogens (tertiary/aromatic N) is 3. The van der Waals surface area contributed by atoms with E-state index in [0.717, 1.165) is 53.0 Å². The Bertz CT molecular complexity index is 2000. The Balaban J connectivity index is 1.43. The van der Waals surface area contributed by atoms with Crippen molar-refractivity contribution in [2.75, 3.05) is 7.05 Å². The van der Waals surface area contributed by atoms with E-state index in [1.54, 1.807) is 30.7 Å². The van der Waals surface area contributed by atoms with Crippen molar-refractivity contribution < 1.29 is 18.8 Å². The number of pyridine rings is 1. The van der Waals surface area contributed by atoms with Crippen molar-refractivity contribution in [3.05, 3.63) is 114 Å². The fourth-order valence-corrected chi connectivity index (χ4v) is 9.61. The van der Waals surface area contributed by atoms with E-state index < -0.39 is 12.6 Å². The van der Waals surface area contributed by atoms with E-state index in [4.69, 9.17) is 26.2 Å². The van der Waals surface area contributed by atoms with Gasteiger partial charge in [-0.3, -0.25) is 14.6 Å². The van der Waals surface area contributed by atoms with Crippen LogP contribution in [0.25, 0.3) is 23.1 Å². The van der Waals surface area contributed by atoms with E-state index >= 15 is 0 Å². The number of carbonyl (C=O) groups is 2. The first kappa shape index (κ1) is 34.6. The lowest BCUT2D eigenvalue weighted by Gasteiger charge is -2.29. The van der Waals surface area contributed by atoms with Crippen LogP contribution in [0.1, 0.15) is 60.8 Å². The van der Waals surface area contributed by atoms with Crippen LogP contribution in [-0.2, 0) is 21.3 Å². The highest BCUT2D eigenvalue weighted by molar-refractivity contribution is 8.10. The fraction of sp³-hybridized carbons (Fsp3) is 0.243. The molecule has 9 nitrogen and oxygen atoms in total. The van der Waals surface area contributed by atoms with Crippen LogP contribution in [0.5, 0.6) is 5.75 Å². The Morgan fingerprint density at radius 2 is 1.73 bits per heavy atom. The van der Waals surface area contributed by atoms with Crippen LogP contribution in [0, 0.1) is 0 Å². The molecule has 2 aromatic heterocycles. The molecule has 0 saturated heterocycles. The van der Waals surface area contributed by atoms with E-state index in [9.17, 15) is 9.59 Å². The summed E-state index contributed by atoms with van der Waals surface area (Å²) in [4.78, 5) is 32.2. The van der Waals surface area contributed by atoms with Crippen LogP contribution in [0.4, 0.5) is 0 Å². The summed E-state index contributed by atoms with van der Waals surface area (Å²) in [7, 11) is 1.62. The van der Waals surface area contributed by atoms with Gasteiger partial charge in [0, 0.05) is 28.4 Å². The Morgan fingerprint density at radius 1 is 0.980 bits per heavy atom. The second kappa shape index (κ2) is 16.0. The van der Waals surface area contributed by atoms with E-state index in [2.05, 4.69) is 15.4 Å². The Labute approximate surface area is 295 Å². The van der Waals surface area contributed by atoms with Crippen LogP contribution in [0.15, 0.2) is 107 Å². The molecule has 1 saturated carbocycles. The third-order valence-electron chi connectivity index (χ3n) is 8.12. The molecule has 5 aromatic rings. The lowest BCUT2D eigenvalue weighted by molar-refractivity contribution is -0.152. The Hall–Kier alpha value is -4.28. The van der Waals surface area contributed by atoms with Crippen molar-refractivity contribution in [3.8, 4) is 5.75 Å². The smallest absolute Gasteiger partial charge is 0.323 e. The van der Waals surface area contributed by atoms with E-state index in [0.29, 0.717) is 22.5 Å². The molecule has 49 heavy (non-hydrogen) atoms. The minimum absolute atomic E-state index is 0.0930. The van der Waals surface area contributed by atoms with Gasteiger partial charge in [0.15, 0.2) is 0 Å². The maximum absolute atomic E-state index is 13.4. The molecule has 0 spiro atoms. The van der Waals surface area contributed by atoms with Crippen molar-refractivity contribution >= 4 is 65.1 Å². The van der Waals surface area contributed by atoms with Crippen molar-refractivity contribution in [1.82, 2.24) is 24.9 Å². The van der Waals surface area contributed by atoms with E-state index in [-0.39, 0.29) is 18.0 Å². The van der Waals surface area contributed by atoms with E-state index in [1.807, 2.05) is 97.1 Å². The van der Waals surface area contributed by atoms with Gasteiger partial charge in [-0.2, -0.15) is 9.55 Å². The number of rotatable bonds is 12. The lowest BCUT2D eigenvalue weighted by Crippen LogP contribution is -2.38. The summed E-state index contributed by atoms with van der Waals surface area (Å²) in [5.41, 5.74) is 2.73. The molecule has 6 rings (SSSR count). The summed E-state index contributed by atoms with van der Waals surface area (Å²) in [5.74, 6) is 0.0123. The molecule has 1 unspecified atom stereocenters. The summed E-state index contributed by atoms with van der Waals surface area (Å²) in [6, 6.07) is 27.7. The third-order valence-corrected chi connectivity index (χ3v) is 12.2. The van der Waals surface area contributed by atoms with Gasteiger partial charge in [-0.05, 0) is 111 Å². The Morgan fingerprint density at radius 3 is 2.49 bits per heavy atom. The molecule has 0 radical (unpaired) electrons. The molecule has 12 heteroatoms. The molecular formula is C37H38N5O4PS2. The highest BCUT2D eigenvalue weighted by Crippen LogP contribution is 2.48. The largest absolute Gasteiger partial charge is 0.461 e. The SMILES string of the molecule is CNC(=O)c1ccccc1Sc1ccc2c(/C=C/c3ccccn3)nn(P(=S)(N[C@@H](C)C(=O)OC3CCCCC3)Oc3ccccc3)c2c1. The second-order valence-corrected chi connectivity index (χ2v) is 16.2. The quantitative estimate of drug-likeness (QED) is 0.0981. The molecule has 2 N–H and O–H groups in total. The molecule has 0 aliphatic heterocycles. The average Bonchev–Trinajstić information content (AvgIpc) is 3.50. The zero-order valence-electron chi connectivity index (χ0n) is 27.3. The van der Waals surface area contributed by atoms with Crippen LogP contribution >= 0.6 is 18.3 Å². The number of benzene rings is 3. The van der Waals surface area contributed by atoms with Gasteiger partial charge in [-0.1, -0.05) is 54.6 Å². The summed E-state index contributed by atoms with van der Waals surface area (Å²) >= 11 is 7.85. The molecule has 1 fully saturated rings. The van der Waals surface area contributed by atoms with E-state index in [1.165, 1.54) is 11.8 Å². The zero-order valence-corrected chi connectivity index (χ0v) is 29.8. The van der Waals surface area contributed by atoms with Crippen molar-refractivity contribution in [2.24, 2.45) is 0 Å². The summed E-state index contributed by atoms with van der Waals surface area (Å²) in [5, 5.41) is 12.0. The standard InChI is InChI=1S/C37H38N5O4PS2/c1-26(37(44)45-28-14-5-3-6-15-28)41-47(48,46-29-16-7-4-8-17-29)42-34-25-30(49-35-19-10-9-18-32(35)36(43)38-2)21-22-31(34)33(40-42)23-20-27-13-11-12-24-39-27/h4,7-13,16-26,28H,3,5-6,14-15H2,1-2H3,(H,38,43)(H,41,48)/b23-20+/t26-,47?/m0/s1. The fourth-order valence-electron chi connectivity index (χ4n) is 5.63. The van der Waals surface area contributed by atoms with Gasteiger partial charge in [-0.15, -0.1) is 0 Å². The highest BCUT2D eigenvalue weighted by Gasteiger charge is 2.33. The average molecular weight is 712 g/mol. The summed E-state index contributed by atoms with van der Waals surface area (Å²) in [6.07, 6.45) is 10.4. The zero-order chi connectivity index (χ0) is 34.2. The van der Waals surface area contributed by atoms with Crippen LogP contribution in [0.2, 0.25) is 0 Å². The number of nitrogens with one attached hydrogen (secondary N) is 2. The third kappa shape index (κ3) is 8.48. The second-order valence-electron chi connectivity index (χ2n) is 11.7. The molecule has 1 aliphatic carbocycles. The predicted octanol–water partition coefficient (Wildman–Crippen LogP) is 8.12. The molecule has 3 aromatic carbocycles. The monoisotopic (exact) mass is 711 g/mol. The highest BCUT2D eigenvalue weighted by atomic mass is 32.5. The van der Waals surface area contributed by atoms with Crippen molar-refractivity contribution in [2.45, 2.75) is 61.0 Å². The number of esters is 1. The van der Waals surface area contributed by atoms with Crippen molar-refractivity contribution in [1.29, 1.82) is 0 Å². The summed E-state index contributed by atoms with van der Waals surface area (Å²) in [6.45, 7) is -1.59. The maximum atomic E-state index is 13.4. The topological polar surface area (TPSA) is 107 Å². The molecule has 0 bridgehead atoms. The van der Waals surface area contributed by atoms with Crippen LogP contribution in [-0.4, -0.2) is 45.6 Å². The Kier molecular flexibility index (Phi) is 11.3. The molecule has 1 amide bonds.